The summed E-state index contributed by atoms with van der Waals surface area (Å²) in [7, 11) is 2.12. The molecule has 0 spiro atoms. The van der Waals surface area contributed by atoms with Crippen LogP contribution in [-0.4, -0.2) is 29.6 Å². The average Bonchev–Trinajstić information content (AvgIpc) is 2.47. The van der Waals surface area contributed by atoms with Gasteiger partial charge < -0.3 is 10.8 Å². The molecule has 0 aliphatic rings. The molecule has 2 aromatic carbocycles. The zero-order chi connectivity index (χ0) is 16.1. The predicted molar refractivity (Wildman–Crippen MR) is 92.0 cm³/mol. The Balaban J connectivity index is 2.12. The van der Waals surface area contributed by atoms with Gasteiger partial charge in [-0.05, 0) is 61.7 Å². The van der Waals surface area contributed by atoms with E-state index in [0.717, 1.165) is 24.1 Å². The first-order valence-corrected chi connectivity index (χ1v) is 7.74. The van der Waals surface area contributed by atoms with E-state index in [2.05, 4.69) is 36.2 Å². The summed E-state index contributed by atoms with van der Waals surface area (Å²) >= 11 is 0. The fourth-order valence-corrected chi connectivity index (χ4v) is 2.95. The van der Waals surface area contributed by atoms with Gasteiger partial charge >= 0.3 is 0 Å². The van der Waals surface area contributed by atoms with Crippen molar-refractivity contribution in [3.8, 4) is 5.75 Å². The van der Waals surface area contributed by atoms with E-state index in [4.69, 9.17) is 5.73 Å². The lowest BCUT2D eigenvalue weighted by molar-refractivity contribution is 0.236. The number of benzene rings is 2. The van der Waals surface area contributed by atoms with Gasteiger partial charge in [0, 0.05) is 19.1 Å². The minimum absolute atomic E-state index is 0.280. The SMILES string of the molecule is Cc1cc(O)cc(C)c1C[C@@H](CN)N(C)Cc1ccccc1. The maximum Gasteiger partial charge on any atom is 0.116 e. The lowest BCUT2D eigenvalue weighted by atomic mass is 9.95. The van der Waals surface area contributed by atoms with E-state index in [1.165, 1.54) is 11.1 Å². The molecule has 0 aliphatic heterocycles. The molecule has 0 aliphatic carbocycles. The summed E-state index contributed by atoms with van der Waals surface area (Å²) in [5, 5.41) is 9.68. The van der Waals surface area contributed by atoms with Crippen LogP contribution in [0.1, 0.15) is 22.3 Å². The molecule has 2 rings (SSSR count). The van der Waals surface area contributed by atoms with Crippen LogP contribution in [0.15, 0.2) is 42.5 Å². The molecule has 0 fully saturated rings. The van der Waals surface area contributed by atoms with E-state index in [9.17, 15) is 5.11 Å². The highest BCUT2D eigenvalue weighted by Gasteiger charge is 2.17. The second-order valence-corrected chi connectivity index (χ2v) is 6.05. The van der Waals surface area contributed by atoms with Gasteiger partial charge in [0.15, 0.2) is 0 Å². The van der Waals surface area contributed by atoms with Gasteiger partial charge in [-0.15, -0.1) is 0 Å². The molecule has 1 atom stereocenters. The van der Waals surface area contributed by atoms with Crippen molar-refractivity contribution in [3.63, 3.8) is 0 Å². The van der Waals surface area contributed by atoms with Gasteiger partial charge in [-0.25, -0.2) is 0 Å². The van der Waals surface area contributed by atoms with Gasteiger partial charge in [0.2, 0.25) is 0 Å². The zero-order valence-electron chi connectivity index (χ0n) is 13.7. The summed E-state index contributed by atoms with van der Waals surface area (Å²) in [5.74, 6) is 0.334. The van der Waals surface area contributed by atoms with Crippen molar-refractivity contribution in [2.45, 2.75) is 32.9 Å². The largest absolute Gasteiger partial charge is 0.508 e. The van der Waals surface area contributed by atoms with Crippen LogP contribution in [-0.2, 0) is 13.0 Å². The Morgan fingerprint density at radius 2 is 1.68 bits per heavy atom. The van der Waals surface area contributed by atoms with Crippen molar-refractivity contribution in [1.82, 2.24) is 4.90 Å². The van der Waals surface area contributed by atoms with Crippen molar-refractivity contribution < 1.29 is 5.11 Å². The Bertz CT molecular complexity index is 587. The molecule has 0 saturated heterocycles. The van der Waals surface area contributed by atoms with E-state index in [-0.39, 0.29) is 6.04 Å². The van der Waals surface area contributed by atoms with Gasteiger partial charge in [-0.1, -0.05) is 30.3 Å². The zero-order valence-corrected chi connectivity index (χ0v) is 13.7. The van der Waals surface area contributed by atoms with Crippen molar-refractivity contribution in [1.29, 1.82) is 0 Å². The van der Waals surface area contributed by atoms with E-state index >= 15 is 0 Å². The van der Waals surface area contributed by atoms with Crippen LogP contribution in [0.3, 0.4) is 0 Å². The lowest BCUT2D eigenvalue weighted by Crippen LogP contribution is -2.39. The number of rotatable bonds is 6. The van der Waals surface area contributed by atoms with Crippen molar-refractivity contribution >= 4 is 0 Å². The summed E-state index contributed by atoms with van der Waals surface area (Å²) in [6, 6.07) is 14.4. The van der Waals surface area contributed by atoms with Crippen LogP contribution in [0.25, 0.3) is 0 Å². The van der Waals surface area contributed by atoms with Crippen LogP contribution in [0.5, 0.6) is 5.75 Å². The maximum absolute atomic E-state index is 9.68. The highest BCUT2D eigenvalue weighted by molar-refractivity contribution is 5.40. The first-order chi connectivity index (χ1) is 10.5. The fourth-order valence-electron chi connectivity index (χ4n) is 2.95. The van der Waals surface area contributed by atoms with E-state index < -0.39 is 0 Å². The number of aryl methyl sites for hydroxylation is 2. The first kappa shape index (κ1) is 16.5. The summed E-state index contributed by atoms with van der Waals surface area (Å²) in [6.07, 6.45) is 0.901. The molecule has 22 heavy (non-hydrogen) atoms. The monoisotopic (exact) mass is 298 g/mol. The summed E-state index contributed by atoms with van der Waals surface area (Å²) in [4.78, 5) is 2.31. The third-order valence-corrected chi connectivity index (χ3v) is 4.29. The Hall–Kier alpha value is -1.84. The number of hydrogen-bond donors (Lipinski definition) is 2. The minimum atomic E-state index is 0.280. The van der Waals surface area contributed by atoms with E-state index in [1.54, 1.807) is 0 Å². The van der Waals surface area contributed by atoms with E-state index in [1.807, 2.05) is 32.0 Å². The molecule has 0 bridgehead atoms. The summed E-state index contributed by atoms with van der Waals surface area (Å²) < 4.78 is 0. The molecule has 0 aromatic heterocycles. The number of nitrogens with two attached hydrogens (primary N) is 1. The number of likely N-dealkylation sites (N-methyl/N-ethyl adjacent to an activating group) is 1. The molecule has 2 aromatic rings. The Morgan fingerprint density at radius 3 is 2.23 bits per heavy atom. The Kier molecular flexibility index (Phi) is 5.58. The van der Waals surface area contributed by atoms with Gasteiger partial charge in [0.1, 0.15) is 5.75 Å². The summed E-state index contributed by atoms with van der Waals surface area (Å²) in [5.41, 5.74) is 10.9. The van der Waals surface area contributed by atoms with Crippen LogP contribution >= 0.6 is 0 Å². The van der Waals surface area contributed by atoms with Gasteiger partial charge in [-0.2, -0.15) is 0 Å². The Labute approximate surface area is 133 Å². The molecule has 3 nitrogen and oxygen atoms in total. The molecule has 3 N–H and O–H groups in total. The lowest BCUT2D eigenvalue weighted by Gasteiger charge is -2.28. The highest BCUT2D eigenvalue weighted by Crippen LogP contribution is 2.23. The van der Waals surface area contributed by atoms with Crippen LogP contribution in [0.2, 0.25) is 0 Å². The van der Waals surface area contributed by atoms with Gasteiger partial charge in [0.25, 0.3) is 0 Å². The summed E-state index contributed by atoms with van der Waals surface area (Å²) in [6.45, 7) is 5.60. The molecule has 0 amide bonds. The smallest absolute Gasteiger partial charge is 0.116 e. The number of phenols is 1. The quantitative estimate of drug-likeness (QED) is 0.862. The second-order valence-electron chi connectivity index (χ2n) is 6.05. The number of hydrogen-bond acceptors (Lipinski definition) is 3. The maximum atomic E-state index is 9.68. The topological polar surface area (TPSA) is 49.5 Å². The van der Waals surface area contributed by atoms with Crippen molar-refractivity contribution in [2.24, 2.45) is 5.73 Å². The normalized spacial score (nSPS) is 12.6. The average molecular weight is 298 g/mol. The molecular weight excluding hydrogens is 272 g/mol. The predicted octanol–water partition coefficient (Wildman–Crippen LogP) is 3.01. The van der Waals surface area contributed by atoms with Gasteiger partial charge in [-0.3, -0.25) is 4.90 Å². The molecular formula is C19H26N2O. The van der Waals surface area contributed by atoms with Crippen molar-refractivity contribution in [2.75, 3.05) is 13.6 Å². The molecule has 0 unspecified atom stereocenters. The molecule has 0 radical (unpaired) electrons. The highest BCUT2D eigenvalue weighted by atomic mass is 16.3. The standard InChI is InChI=1S/C19H26N2O/c1-14-9-18(22)10-15(2)19(14)11-17(12-20)21(3)13-16-7-5-4-6-8-16/h4-10,17,22H,11-13,20H2,1-3H3/t17-/m0/s1. The minimum Gasteiger partial charge on any atom is -0.508 e. The number of aromatic hydroxyl groups is 1. The van der Waals surface area contributed by atoms with E-state index in [0.29, 0.717) is 12.3 Å². The van der Waals surface area contributed by atoms with Gasteiger partial charge in [0.05, 0.1) is 0 Å². The third kappa shape index (κ3) is 4.09. The van der Waals surface area contributed by atoms with Crippen LogP contribution < -0.4 is 5.73 Å². The van der Waals surface area contributed by atoms with Crippen LogP contribution in [0.4, 0.5) is 0 Å². The molecule has 3 heteroatoms. The Morgan fingerprint density at radius 1 is 1.09 bits per heavy atom. The third-order valence-electron chi connectivity index (χ3n) is 4.29. The second kappa shape index (κ2) is 7.43. The molecule has 0 saturated carbocycles. The number of phenolic OH excluding ortho intramolecular Hbond substituents is 1. The first-order valence-electron chi connectivity index (χ1n) is 7.74. The van der Waals surface area contributed by atoms with Crippen molar-refractivity contribution in [3.05, 3.63) is 64.7 Å². The molecule has 0 heterocycles. The molecule has 118 valence electrons. The van der Waals surface area contributed by atoms with Crippen LogP contribution in [0, 0.1) is 13.8 Å². The fraction of sp³-hybridized carbons (Fsp3) is 0.368. The number of nitrogens with zero attached hydrogens (tertiary/aromatic N) is 1.